The number of amides is 1. The summed E-state index contributed by atoms with van der Waals surface area (Å²) in [6, 6.07) is 17.1. The van der Waals surface area contributed by atoms with Gasteiger partial charge in [0.2, 0.25) is 0 Å². The maximum Gasteiger partial charge on any atom is 0.266 e. The van der Waals surface area contributed by atoms with Crippen LogP contribution in [0.5, 0.6) is 5.75 Å². The summed E-state index contributed by atoms with van der Waals surface area (Å²) in [6.45, 7) is 6.07. The van der Waals surface area contributed by atoms with Crippen LogP contribution in [0.2, 0.25) is 0 Å². The first-order valence-corrected chi connectivity index (χ1v) is 10.0. The average molecular weight is 428 g/mol. The van der Waals surface area contributed by atoms with Crippen molar-refractivity contribution in [3.05, 3.63) is 82.7 Å². The summed E-state index contributed by atoms with van der Waals surface area (Å²) >= 11 is 0. The van der Waals surface area contributed by atoms with E-state index < -0.39 is 11.9 Å². The number of nitriles is 1. The number of carbonyl (C=O) groups is 2. The highest BCUT2D eigenvalue weighted by Crippen LogP contribution is 2.24. The van der Waals surface area contributed by atoms with Gasteiger partial charge in [0, 0.05) is 28.8 Å². The van der Waals surface area contributed by atoms with Crippen LogP contribution in [-0.2, 0) is 4.79 Å². The van der Waals surface area contributed by atoms with Gasteiger partial charge < -0.3 is 24.5 Å². The van der Waals surface area contributed by atoms with Crippen LogP contribution in [0.3, 0.4) is 0 Å². The molecule has 1 amide bonds. The Balaban J connectivity index is 1.91. The highest BCUT2D eigenvalue weighted by Gasteiger charge is 2.14. The molecule has 7 heteroatoms. The summed E-state index contributed by atoms with van der Waals surface area (Å²) in [6.07, 6.45) is 1.52. The van der Waals surface area contributed by atoms with E-state index in [-0.39, 0.29) is 11.1 Å². The average Bonchev–Trinajstić information content (AvgIpc) is 3.05. The highest BCUT2D eigenvalue weighted by molar-refractivity contribution is 6.09. The molecule has 0 bridgehead atoms. The standard InChI is InChI=1S/C25H23N3O4/c1-4-32-23-10-6-8-21(14-23)27-24(29)20(15-26)12-19-11-16(2)28(17(19)3)22-9-5-7-18(13-22)25(30)31/h5-14H,4H2,1-3H3,(H,27,29)(H,30,31)/p-1/b20-12-. The van der Waals surface area contributed by atoms with Gasteiger partial charge in [-0.2, -0.15) is 5.26 Å². The second-order valence-corrected chi connectivity index (χ2v) is 7.08. The molecule has 0 radical (unpaired) electrons. The van der Waals surface area contributed by atoms with Crippen LogP contribution >= 0.6 is 0 Å². The molecule has 0 fully saturated rings. The van der Waals surface area contributed by atoms with Gasteiger partial charge in [0.1, 0.15) is 17.4 Å². The van der Waals surface area contributed by atoms with Crippen molar-refractivity contribution >= 4 is 23.6 Å². The summed E-state index contributed by atoms with van der Waals surface area (Å²) in [5.41, 5.74) is 3.44. The Labute approximate surface area is 186 Å². The van der Waals surface area contributed by atoms with Crippen molar-refractivity contribution in [2.75, 3.05) is 11.9 Å². The molecule has 0 aliphatic carbocycles. The first-order valence-electron chi connectivity index (χ1n) is 10.0. The SMILES string of the molecule is CCOc1cccc(NC(=O)/C(C#N)=C\c2cc(C)n(-c3cccc(C(=O)[O-])c3)c2C)c1. The Morgan fingerprint density at radius 3 is 2.59 bits per heavy atom. The number of anilines is 1. The van der Waals surface area contributed by atoms with E-state index in [1.165, 1.54) is 18.2 Å². The maximum absolute atomic E-state index is 12.7. The van der Waals surface area contributed by atoms with Gasteiger partial charge in [-0.1, -0.05) is 18.2 Å². The van der Waals surface area contributed by atoms with Gasteiger partial charge in [-0.15, -0.1) is 0 Å². The first-order chi connectivity index (χ1) is 15.3. The van der Waals surface area contributed by atoms with Gasteiger partial charge >= 0.3 is 0 Å². The number of nitrogens with zero attached hydrogens (tertiary/aromatic N) is 2. The second kappa shape index (κ2) is 9.67. The lowest BCUT2D eigenvalue weighted by molar-refractivity contribution is -0.255. The third-order valence-corrected chi connectivity index (χ3v) is 4.88. The van der Waals surface area contributed by atoms with Gasteiger partial charge in [-0.3, -0.25) is 4.79 Å². The summed E-state index contributed by atoms with van der Waals surface area (Å²) in [5.74, 6) is -1.17. The number of nitrogens with one attached hydrogen (secondary N) is 1. The van der Waals surface area contributed by atoms with Gasteiger partial charge in [-0.25, -0.2) is 0 Å². The van der Waals surface area contributed by atoms with Crippen LogP contribution in [0, 0.1) is 25.2 Å². The summed E-state index contributed by atoms with van der Waals surface area (Å²) in [5, 5.41) is 23.5. The molecule has 1 heterocycles. The Morgan fingerprint density at radius 2 is 1.91 bits per heavy atom. The molecular formula is C25H22N3O4-. The van der Waals surface area contributed by atoms with Crippen molar-refractivity contribution < 1.29 is 19.4 Å². The molecule has 1 N–H and O–H groups in total. The van der Waals surface area contributed by atoms with E-state index in [9.17, 15) is 20.0 Å². The van der Waals surface area contributed by atoms with E-state index in [0.29, 0.717) is 29.3 Å². The number of carbonyl (C=O) groups excluding carboxylic acids is 2. The van der Waals surface area contributed by atoms with Crippen molar-refractivity contribution in [2.45, 2.75) is 20.8 Å². The second-order valence-electron chi connectivity index (χ2n) is 7.08. The molecule has 0 atom stereocenters. The molecule has 2 aromatic carbocycles. The smallest absolute Gasteiger partial charge is 0.266 e. The topological polar surface area (TPSA) is 107 Å². The number of aromatic carboxylic acids is 1. The van der Waals surface area contributed by atoms with E-state index >= 15 is 0 Å². The van der Waals surface area contributed by atoms with E-state index in [1.54, 1.807) is 36.4 Å². The molecule has 0 spiro atoms. The molecule has 0 saturated heterocycles. The Kier molecular flexibility index (Phi) is 6.76. The van der Waals surface area contributed by atoms with Crippen molar-refractivity contribution in [1.82, 2.24) is 4.57 Å². The number of ether oxygens (including phenoxy) is 1. The summed E-state index contributed by atoms with van der Waals surface area (Å²) in [4.78, 5) is 23.9. The Bertz CT molecular complexity index is 1250. The molecule has 7 nitrogen and oxygen atoms in total. The molecule has 3 rings (SSSR count). The van der Waals surface area contributed by atoms with Gasteiger partial charge in [0.25, 0.3) is 5.91 Å². The quantitative estimate of drug-likeness (QED) is 0.458. The van der Waals surface area contributed by atoms with Crippen LogP contribution in [0.4, 0.5) is 5.69 Å². The number of hydrogen-bond acceptors (Lipinski definition) is 5. The fraction of sp³-hybridized carbons (Fsp3) is 0.160. The number of rotatable bonds is 7. The summed E-state index contributed by atoms with van der Waals surface area (Å²) < 4.78 is 7.29. The lowest BCUT2D eigenvalue weighted by Crippen LogP contribution is -2.22. The van der Waals surface area contributed by atoms with Crippen LogP contribution in [0.25, 0.3) is 11.8 Å². The fourth-order valence-corrected chi connectivity index (χ4v) is 3.44. The number of hydrogen-bond donors (Lipinski definition) is 1. The van der Waals surface area contributed by atoms with Gasteiger partial charge in [0.05, 0.1) is 12.6 Å². The first kappa shape index (κ1) is 22.4. The number of aryl methyl sites for hydroxylation is 1. The zero-order valence-corrected chi connectivity index (χ0v) is 18.0. The fourth-order valence-electron chi connectivity index (χ4n) is 3.44. The molecule has 1 aromatic heterocycles. The lowest BCUT2D eigenvalue weighted by atomic mass is 10.1. The minimum Gasteiger partial charge on any atom is -0.545 e. The molecule has 32 heavy (non-hydrogen) atoms. The number of carboxylic acids is 1. The Hall–Kier alpha value is -4.31. The molecule has 162 valence electrons. The van der Waals surface area contributed by atoms with E-state index in [0.717, 1.165) is 11.4 Å². The predicted octanol–water partition coefficient (Wildman–Crippen LogP) is 3.40. The third kappa shape index (κ3) is 4.87. The zero-order chi connectivity index (χ0) is 23.3. The van der Waals surface area contributed by atoms with E-state index in [4.69, 9.17) is 4.74 Å². The molecule has 0 aliphatic rings. The zero-order valence-electron chi connectivity index (χ0n) is 18.0. The van der Waals surface area contributed by atoms with Gasteiger partial charge in [0.15, 0.2) is 0 Å². The van der Waals surface area contributed by atoms with E-state index in [1.807, 2.05) is 37.5 Å². The normalized spacial score (nSPS) is 11.0. The van der Waals surface area contributed by atoms with Crippen LogP contribution < -0.4 is 15.2 Å². The molecule has 0 unspecified atom stereocenters. The van der Waals surface area contributed by atoms with Crippen LogP contribution in [-0.4, -0.2) is 23.1 Å². The lowest BCUT2D eigenvalue weighted by Gasteiger charge is -2.12. The van der Waals surface area contributed by atoms with Crippen molar-refractivity contribution in [3.63, 3.8) is 0 Å². The number of aromatic nitrogens is 1. The molecular weight excluding hydrogens is 406 g/mol. The van der Waals surface area contributed by atoms with Crippen molar-refractivity contribution in [1.29, 1.82) is 5.26 Å². The predicted molar refractivity (Wildman–Crippen MR) is 119 cm³/mol. The number of benzene rings is 2. The Morgan fingerprint density at radius 1 is 1.16 bits per heavy atom. The minimum absolute atomic E-state index is 0.0597. The molecule has 0 saturated carbocycles. The maximum atomic E-state index is 12.7. The molecule has 0 aliphatic heterocycles. The highest BCUT2D eigenvalue weighted by atomic mass is 16.5. The largest absolute Gasteiger partial charge is 0.545 e. The van der Waals surface area contributed by atoms with Crippen molar-refractivity contribution in [3.8, 4) is 17.5 Å². The third-order valence-electron chi connectivity index (χ3n) is 4.88. The number of carboxylic acid groups (broad SMARTS) is 1. The van der Waals surface area contributed by atoms with Crippen LogP contribution in [0.15, 0.2) is 60.2 Å². The van der Waals surface area contributed by atoms with E-state index in [2.05, 4.69) is 5.32 Å². The molecule has 3 aromatic rings. The summed E-state index contributed by atoms with van der Waals surface area (Å²) in [7, 11) is 0. The minimum atomic E-state index is -1.26. The van der Waals surface area contributed by atoms with Crippen LogP contribution in [0.1, 0.15) is 34.2 Å². The van der Waals surface area contributed by atoms with Crippen molar-refractivity contribution in [2.24, 2.45) is 0 Å². The van der Waals surface area contributed by atoms with Gasteiger partial charge in [-0.05, 0) is 68.3 Å². The monoisotopic (exact) mass is 428 g/mol.